The third-order valence-electron chi connectivity index (χ3n) is 4.52. The van der Waals surface area contributed by atoms with Gasteiger partial charge in [0.25, 0.3) is 0 Å². The molecule has 1 amide bonds. The van der Waals surface area contributed by atoms with E-state index in [0.29, 0.717) is 6.42 Å². The van der Waals surface area contributed by atoms with Gasteiger partial charge in [-0.05, 0) is 42.0 Å². The summed E-state index contributed by atoms with van der Waals surface area (Å²) in [4.78, 5) is 16.9. The number of carbonyl (C=O) groups excluding carboxylic acids is 1. The van der Waals surface area contributed by atoms with Crippen LogP contribution in [0.1, 0.15) is 5.56 Å². The molecule has 4 aromatic rings. The molecule has 0 bridgehead atoms. The fraction of sp³-hybridized carbons (Fsp3) is 0.0833. The Bertz CT molecular complexity index is 1110. The lowest BCUT2D eigenvalue weighted by Gasteiger charge is -2.06. The number of benzene rings is 3. The Morgan fingerprint density at radius 1 is 0.933 bits per heavy atom. The molecule has 0 unspecified atom stereocenters. The smallest absolute Gasteiger partial charge is 0.228 e. The fourth-order valence-corrected chi connectivity index (χ4v) is 3.71. The standard InChI is InChI=1S/C24H21N3O2S/c1-29-21-13-11-20(12-14-21)26-24-27-22(16-30-24)18-7-9-19(10-8-18)25-23(28)15-17-5-3-2-4-6-17/h2-14,16H,15H2,1H3,(H,25,28)(H,26,27). The van der Waals surface area contributed by atoms with Crippen molar-refractivity contribution in [1.29, 1.82) is 0 Å². The Hall–Kier alpha value is -3.64. The molecule has 2 N–H and O–H groups in total. The van der Waals surface area contributed by atoms with E-state index in [4.69, 9.17) is 4.74 Å². The molecule has 30 heavy (non-hydrogen) atoms. The number of ether oxygens (including phenoxy) is 1. The number of rotatable bonds is 7. The van der Waals surface area contributed by atoms with Gasteiger partial charge in [0.05, 0.1) is 19.2 Å². The van der Waals surface area contributed by atoms with E-state index in [1.165, 1.54) is 0 Å². The van der Waals surface area contributed by atoms with Gasteiger partial charge >= 0.3 is 0 Å². The van der Waals surface area contributed by atoms with Gasteiger partial charge < -0.3 is 15.4 Å². The second-order valence-electron chi connectivity index (χ2n) is 6.68. The minimum absolute atomic E-state index is 0.0337. The van der Waals surface area contributed by atoms with Crippen LogP contribution in [-0.4, -0.2) is 18.0 Å². The van der Waals surface area contributed by atoms with Crippen LogP contribution in [0.15, 0.2) is 84.2 Å². The first-order valence-corrected chi connectivity index (χ1v) is 10.4. The van der Waals surface area contributed by atoms with Gasteiger partial charge in [-0.25, -0.2) is 4.98 Å². The molecule has 0 saturated carbocycles. The van der Waals surface area contributed by atoms with Crippen molar-refractivity contribution in [3.63, 3.8) is 0 Å². The average Bonchev–Trinajstić information content (AvgIpc) is 3.24. The fourth-order valence-electron chi connectivity index (χ4n) is 2.97. The number of hydrogen-bond donors (Lipinski definition) is 2. The van der Waals surface area contributed by atoms with Crippen LogP contribution in [0.4, 0.5) is 16.5 Å². The summed E-state index contributed by atoms with van der Waals surface area (Å²) in [7, 11) is 1.65. The maximum Gasteiger partial charge on any atom is 0.228 e. The molecule has 3 aromatic carbocycles. The van der Waals surface area contributed by atoms with E-state index in [1.54, 1.807) is 18.4 Å². The van der Waals surface area contributed by atoms with Gasteiger partial charge in [-0.3, -0.25) is 4.79 Å². The molecule has 4 rings (SSSR count). The van der Waals surface area contributed by atoms with Crippen molar-refractivity contribution in [2.45, 2.75) is 6.42 Å². The van der Waals surface area contributed by atoms with Crippen LogP contribution < -0.4 is 15.4 Å². The van der Waals surface area contributed by atoms with Gasteiger partial charge in [-0.15, -0.1) is 11.3 Å². The van der Waals surface area contributed by atoms with Crippen molar-refractivity contribution in [3.8, 4) is 17.0 Å². The van der Waals surface area contributed by atoms with Crippen molar-refractivity contribution in [3.05, 3.63) is 89.8 Å². The number of nitrogens with one attached hydrogen (secondary N) is 2. The molecule has 0 atom stereocenters. The summed E-state index contributed by atoms with van der Waals surface area (Å²) >= 11 is 1.54. The summed E-state index contributed by atoms with van der Waals surface area (Å²) in [6.45, 7) is 0. The molecular formula is C24H21N3O2S. The molecule has 1 heterocycles. The van der Waals surface area contributed by atoms with Crippen LogP contribution in [-0.2, 0) is 11.2 Å². The number of anilines is 3. The molecular weight excluding hydrogens is 394 g/mol. The van der Waals surface area contributed by atoms with E-state index in [2.05, 4.69) is 15.6 Å². The number of thiazole rings is 1. The molecule has 150 valence electrons. The van der Waals surface area contributed by atoms with Crippen molar-refractivity contribution in [2.24, 2.45) is 0 Å². The van der Waals surface area contributed by atoms with Crippen LogP contribution in [0.5, 0.6) is 5.75 Å². The topological polar surface area (TPSA) is 63.2 Å². The van der Waals surface area contributed by atoms with Gasteiger partial charge in [0, 0.05) is 22.3 Å². The first-order chi connectivity index (χ1) is 14.7. The second-order valence-corrected chi connectivity index (χ2v) is 7.54. The predicted octanol–water partition coefficient (Wildman–Crippen LogP) is 5.74. The third kappa shape index (κ3) is 5.04. The van der Waals surface area contributed by atoms with E-state index in [0.717, 1.165) is 39.1 Å². The molecule has 0 aliphatic carbocycles. The summed E-state index contributed by atoms with van der Waals surface area (Å²) in [6.07, 6.45) is 0.356. The van der Waals surface area contributed by atoms with Gasteiger partial charge in [0.2, 0.25) is 5.91 Å². The Balaban J connectivity index is 1.37. The van der Waals surface area contributed by atoms with E-state index in [9.17, 15) is 4.79 Å². The second kappa shape index (κ2) is 9.24. The van der Waals surface area contributed by atoms with Crippen LogP contribution >= 0.6 is 11.3 Å². The van der Waals surface area contributed by atoms with Gasteiger partial charge in [-0.1, -0.05) is 42.5 Å². The maximum absolute atomic E-state index is 12.2. The van der Waals surface area contributed by atoms with Crippen molar-refractivity contribution in [1.82, 2.24) is 4.98 Å². The van der Waals surface area contributed by atoms with Gasteiger partial charge in [-0.2, -0.15) is 0 Å². The highest BCUT2D eigenvalue weighted by Gasteiger charge is 2.07. The minimum atomic E-state index is -0.0337. The summed E-state index contributed by atoms with van der Waals surface area (Å²) in [5.41, 5.74) is 4.60. The van der Waals surface area contributed by atoms with Crippen molar-refractivity contribution < 1.29 is 9.53 Å². The molecule has 5 nitrogen and oxygen atoms in total. The van der Waals surface area contributed by atoms with Crippen LogP contribution in [0.25, 0.3) is 11.3 Å². The van der Waals surface area contributed by atoms with Crippen LogP contribution in [0.3, 0.4) is 0 Å². The number of nitrogens with zero attached hydrogens (tertiary/aromatic N) is 1. The molecule has 0 aliphatic rings. The van der Waals surface area contributed by atoms with Crippen LogP contribution in [0, 0.1) is 0 Å². The first-order valence-electron chi connectivity index (χ1n) is 9.50. The predicted molar refractivity (Wildman–Crippen MR) is 123 cm³/mol. The first kappa shape index (κ1) is 19.7. The monoisotopic (exact) mass is 415 g/mol. The molecule has 6 heteroatoms. The van der Waals surface area contributed by atoms with Crippen LogP contribution in [0.2, 0.25) is 0 Å². The molecule has 0 spiro atoms. The number of aromatic nitrogens is 1. The normalized spacial score (nSPS) is 10.4. The molecule has 0 saturated heterocycles. The minimum Gasteiger partial charge on any atom is -0.497 e. The third-order valence-corrected chi connectivity index (χ3v) is 5.28. The Labute approximate surface area is 179 Å². The summed E-state index contributed by atoms with van der Waals surface area (Å²) < 4.78 is 5.18. The van der Waals surface area contributed by atoms with Crippen molar-refractivity contribution >= 4 is 33.8 Å². The summed E-state index contributed by atoms with van der Waals surface area (Å²) in [5, 5.41) is 9.06. The van der Waals surface area contributed by atoms with E-state index in [-0.39, 0.29) is 5.91 Å². The Morgan fingerprint density at radius 3 is 2.33 bits per heavy atom. The highest BCUT2D eigenvalue weighted by molar-refractivity contribution is 7.14. The zero-order chi connectivity index (χ0) is 20.8. The Morgan fingerprint density at radius 2 is 1.63 bits per heavy atom. The maximum atomic E-state index is 12.2. The summed E-state index contributed by atoms with van der Waals surface area (Å²) in [6, 6.07) is 25.1. The lowest BCUT2D eigenvalue weighted by Crippen LogP contribution is -2.14. The Kier molecular flexibility index (Phi) is 6.06. The molecule has 0 fully saturated rings. The SMILES string of the molecule is COc1ccc(Nc2nc(-c3ccc(NC(=O)Cc4ccccc4)cc3)cs2)cc1. The van der Waals surface area contributed by atoms with E-state index < -0.39 is 0 Å². The molecule has 1 aromatic heterocycles. The van der Waals surface area contributed by atoms with Crippen molar-refractivity contribution in [2.75, 3.05) is 17.7 Å². The molecule has 0 radical (unpaired) electrons. The number of amides is 1. The number of hydrogen-bond acceptors (Lipinski definition) is 5. The lowest BCUT2D eigenvalue weighted by atomic mass is 10.1. The van der Waals surface area contributed by atoms with E-state index in [1.807, 2.05) is 84.2 Å². The zero-order valence-corrected chi connectivity index (χ0v) is 17.3. The highest BCUT2D eigenvalue weighted by Crippen LogP contribution is 2.28. The zero-order valence-electron chi connectivity index (χ0n) is 16.5. The average molecular weight is 416 g/mol. The van der Waals surface area contributed by atoms with Gasteiger partial charge in [0.15, 0.2) is 5.13 Å². The quantitative estimate of drug-likeness (QED) is 0.404. The largest absolute Gasteiger partial charge is 0.497 e. The summed E-state index contributed by atoms with van der Waals surface area (Å²) in [5.74, 6) is 0.782. The van der Waals surface area contributed by atoms with Gasteiger partial charge in [0.1, 0.15) is 5.75 Å². The molecule has 0 aliphatic heterocycles. The number of methoxy groups -OCH3 is 1. The highest BCUT2D eigenvalue weighted by atomic mass is 32.1. The van der Waals surface area contributed by atoms with E-state index >= 15 is 0 Å². The number of carbonyl (C=O) groups is 1. The lowest BCUT2D eigenvalue weighted by molar-refractivity contribution is -0.115.